The smallest absolute Gasteiger partial charge is 0.125 e. The second kappa shape index (κ2) is 12.3. The number of aryl methyl sites for hydroxylation is 2. The Hall–Kier alpha value is -2.98. The molecule has 0 aliphatic carbocycles. The first kappa shape index (κ1) is 27.6. The highest BCUT2D eigenvalue weighted by atomic mass is 16.5. The third-order valence-corrected chi connectivity index (χ3v) is 6.34. The molecule has 0 radical (unpaired) electrons. The van der Waals surface area contributed by atoms with Crippen LogP contribution in [0.3, 0.4) is 0 Å². The molecule has 0 spiro atoms. The molecular formula is C28H34O8. The van der Waals surface area contributed by atoms with Gasteiger partial charge in [-0.15, -0.1) is 0 Å². The Morgan fingerprint density at radius 1 is 0.750 bits per heavy atom. The molecule has 0 saturated heterocycles. The first-order valence-electron chi connectivity index (χ1n) is 11.7. The second-order valence-corrected chi connectivity index (χ2v) is 9.04. The van der Waals surface area contributed by atoms with E-state index in [4.69, 9.17) is 9.84 Å². The van der Waals surface area contributed by atoms with Gasteiger partial charge in [0.15, 0.2) is 0 Å². The van der Waals surface area contributed by atoms with Crippen molar-refractivity contribution in [1.82, 2.24) is 0 Å². The van der Waals surface area contributed by atoms with Crippen LogP contribution in [0.4, 0.5) is 0 Å². The largest absolute Gasteiger partial charge is 0.508 e. The first-order valence-corrected chi connectivity index (χ1v) is 11.7. The average Bonchev–Trinajstić information content (AvgIpc) is 2.88. The molecule has 0 bridgehead atoms. The van der Waals surface area contributed by atoms with Crippen LogP contribution >= 0.6 is 0 Å². The van der Waals surface area contributed by atoms with Crippen molar-refractivity contribution in [3.8, 4) is 11.5 Å². The predicted molar refractivity (Wildman–Crippen MR) is 134 cm³/mol. The van der Waals surface area contributed by atoms with Gasteiger partial charge in [-0.25, -0.2) is 0 Å². The summed E-state index contributed by atoms with van der Waals surface area (Å²) in [5.74, 6) is 0.452. The van der Waals surface area contributed by atoms with E-state index in [0.29, 0.717) is 12.2 Å². The maximum atomic E-state index is 11.0. The van der Waals surface area contributed by atoms with Crippen LogP contribution in [0.15, 0.2) is 60.7 Å². The fourth-order valence-electron chi connectivity index (χ4n) is 4.02. The zero-order valence-corrected chi connectivity index (χ0v) is 20.3. The molecule has 194 valence electrons. The average molecular weight is 499 g/mol. The van der Waals surface area contributed by atoms with Crippen LogP contribution < -0.4 is 4.74 Å². The normalized spacial score (nSPS) is 15.7. The summed E-state index contributed by atoms with van der Waals surface area (Å²) in [6.07, 6.45) is -8.59. The van der Waals surface area contributed by atoms with Crippen molar-refractivity contribution < 1.29 is 40.5 Å². The highest BCUT2D eigenvalue weighted by Crippen LogP contribution is 2.34. The SMILES string of the molecule is Cc1cc(O)ccc1Cc1cc(C(O)[C@H](O)[C@@H](O)[C@H](O)[C@H](O)CO)c(OCc2ccccc2)cc1C. The Labute approximate surface area is 210 Å². The molecule has 3 rings (SSSR count). The van der Waals surface area contributed by atoms with Crippen molar-refractivity contribution in [2.24, 2.45) is 0 Å². The lowest BCUT2D eigenvalue weighted by molar-refractivity contribution is -0.141. The summed E-state index contributed by atoms with van der Waals surface area (Å²) in [5, 5.41) is 70.5. The minimum absolute atomic E-state index is 0.162. The number of aliphatic hydroxyl groups is 6. The van der Waals surface area contributed by atoms with Gasteiger partial charge < -0.3 is 40.5 Å². The molecule has 0 aliphatic rings. The second-order valence-electron chi connectivity index (χ2n) is 9.04. The standard InChI is InChI=1S/C28H34O8/c1-16-10-21(30)9-8-19(16)12-20-13-22(25(32)27(34)28(35)26(33)23(31)14-29)24(11-17(20)2)36-15-18-6-4-3-5-7-18/h3-11,13,23,25-35H,12,14-15H2,1-2H3/t23-,25?,26-,27+,28+/m1/s1. The van der Waals surface area contributed by atoms with Crippen molar-refractivity contribution in [2.75, 3.05) is 6.61 Å². The van der Waals surface area contributed by atoms with E-state index in [-0.39, 0.29) is 17.9 Å². The van der Waals surface area contributed by atoms with Gasteiger partial charge in [0.1, 0.15) is 48.6 Å². The highest BCUT2D eigenvalue weighted by Gasteiger charge is 2.36. The van der Waals surface area contributed by atoms with E-state index in [2.05, 4.69) is 0 Å². The van der Waals surface area contributed by atoms with Crippen molar-refractivity contribution in [3.05, 3.63) is 94.0 Å². The number of rotatable bonds is 11. The predicted octanol–water partition coefficient (Wildman–Crippen LogP) is 1.65. The molecule has 7 N–H and O–H groups in total. The quantitative estimate of drug-likeness (QED) is 0.211. The number of benzene rings is 3. The molecule has 0 amide bonds. The summed E-state index contributed by atoms with van der Waals surface area (Å²) in [6.45, 7) is 3.14. The van der Waals surface area contributed by atoms with Gasteiger partial charge >= 0.3 is 0 Å². The molecule has 0 aromatic heterocycles. The highest BCUT2D eigenvalue weighted by molar-refractivity contribution is 5.47. The lowest BCUT2D eigenvalue weighted by atomic mass is 9.90. The van der Waals surface area contributed by atoms with Gasteiger partial charge in [0.05, 0.1) is 6.61 Å². The van der Waals surface area contributed by atoms with Gasteiger partial charge in [0.25, 0.3) is 0 Å². The van der Waals surface area contributed by atoms with E-state index in [1.807, 2.05) is 50.2 Å². The zero-order valence-electron chi connectivity index (χ0n) is 20.3. The lowest BCUT2D eigenvalue weighted by Gasteiger charge is -2.30. The Balaban J connectivity index is 1.97. The van der Waals surface area contributed by atoms with E-state index in [9.17, 15) is 30.6 Å². The number of phenolic OH excluding ortho intramolecular Hbond substituents is 1. The number of hydrogen-bond donors (Lipinski definition) is 7. The summed E-state index contributed by atoms with van der Waals surface area (Å²) in [6, 6.07) is 17.9. The van der Waals surface area contributed by atoms with E-state index in [1.165, 1.54) is 0 Å². The van der Waals surface area contributed by atoms with Crippen molar-refractivity contribution in [1.29, 1.82) is 0 Å². The molecular weight excluding hydrogens is 464 g/mol. The van der Waals surface area contributed by atoms with Gasteiger partial charge in [-0.2, -0.15) is 0 Å². The zero-order chi connectivity index (χ0) is 26.4. The summed E-state index contributed by atoms with van der Waals surface area (Å²) in [7, 11) is 0. The van der Waals surface area contributed by atoms with Gasteiger partial charge in [-0.05, 0) is 72.4 Å². The van der Waals surface area contributed by atoms with Gasteiger partial charge in [0, 0.05) is 5.56 Å². The molecule has 8 nitrogen and oxygen atoms in total. The fourth-order valence-corrected chi connectivity index (χ4v) is 4.02. The van der Waals surface area contributed by atoms with Crippen molar-refractivity contribution in [2.45, 2.75) is 57.4 Å². The minimum atomic E-state index is -1.94. The summed E-state index contributed by atoms with van der Waals surface area (Å²) in [5.41, 5.74) is 4.62. The topological polar surface area (TPSA) is 151 Å². The van der Waals surface area contributed by atoms with Crippen molar-refractivity contribution in [3.63, 3.8) is 0 Å². The van der Waals surface area contributed by atoms with Crippen LogP contribution in [-0.2, 0) is 13.0 Å². The molecule has 5 atom stereocenters. The lowest BCUT2D eigenvalue weighted by Crippen LogP contribution is -2.47. The van der Waals surface area contributed by atoms with Crippen LogP contribution in [0.25, 0.3) is 0 Å². The minimum Gasteiger partial charge on any atom is -0.508 e. The molecule has 0 fully saturated rings. The van der Waals surface area contributed by atoms with Gasteiger partial charge in [0.2, 0.25) is 0 Å². The third kappa shape index (κ3) is 6.61. The summed E-state index contributed by atoms with van der Waals surface area (Å²) in [4.78, 5) is 0. The number of aliphatic hydroxyl groups excluding tert-OH is 6. The Morgan fingerprint density at radius 2 is 1.42 bits per heavy atom. The molecule has 3 aromatic rings. The third-order valence-electron chi connectivity index (χ3n) is 6.34. The summed E-state index contributed by atoms with van der Waals surface area (Å²) < 4.78 is 5.99. The maximum absolute atomic E-state index is 11.0. The number of hydrogen-bond acceptors (Lipinski definition) is 8. The molecule has 0 aliphatic heterocycles. The molecule has 0 saturated carbocycles. The van der Waals surface area contributed by atoms with Crippen LogP contribution in [0.5, 0.6) is 11.5 Å². The van der Waals surface area contributed by atoms with E-state index in [0.717, 1.165) is 27.8 Å². The first-order chi connectivity index (χ1) is 17.1. The van der Waals surface area contributed by atoms with E-state index < -0.39 is 37.1 Å². The van der Waals surface area contributed by atoms with Crippen LogP contribution in [0.2, 0.25) is 0 Å². The molecule has 3 aromatic carbocycles. The Kier molecular flexibility index (Phi) is 9.44. The van der Waals surface area contributed by atoms with Crippen LogP contribution in [-0.4, -0.2) is 66.8 Å². The van der Waals surface area contributed by atoms with Crippen molar-refractivity contribution >= 4 is 0 Å². The number of ether oxygens (including phenoxy) is 1. The van der Waals surface area contributed by atoms with Gasteiger partial charge in [-0.1, -0.05) is 36.4 Å². The molecule has 1 unspecified atom stereocenters. The van der Waals surface area contributed by atoms with E-state index >= 15 is 0 Å². The monoisotopic (exact) mass is 498 g/mol. The Morgan fingerprint density at radius 3 is 2.06 bits per heavy atom. The van der Waals surface area contributed by atoms with E-state index in [1.54, 1.807) is 24.3 Å². The Bertz CT molecular complexity index is 1130. The van der Waals surface area contributed by atoms with Crippen LogP contribution in [0.1, 0.15) is 39.5 Å². The molecule has 8 heteroatoms. The molecule has 36 heavy (non-hydrogen) atoms. The summed E-state index contributed by atoms with van der Waals surface area (Å²) >= 11 is 0. The molecule has 0 heterocycles. The number of phenols is 1. The fraction of sp³-hybridized carbons (Fsp3) is 0.357. The van der Waals surface area contributed by atoms with Gasteiger partial charge in [-0.3, -0.25) is 0 Å². The maximum Gasteiger partial charge on any atom is 0.125 e. The van der Waals surface area contributed by atoms with Crippen LogP contribution in [0, 0.1) is 13.8 Å². The number of aromatic hydroxyl groups is 1.